The summed E-state index contributed by atoms with van der Waals surface area (Å²) in [6.45, 7) is 0. The first kappa shape index (κ1) is 16.4. The van der Waals surface area contributed by atoms with Gasteiger partial charge < -0.3 is 0 Å². The zero-order valence-corrected chi connectivity index (χ0v) is 14.3. The summed E-state index contributed by atoms with van der Waals surface area (Å²) in [6, 6.07) is 20.2. The van der Waals surface area contributed by atoms with Gasteiger partial charge in [-0.2, -0.15) is 5.26 Å². The predicted octanol–water partition coefficient (Wildman–Crippen LogP) is 3.82. The maximum atomic E-state index is 13.1. The van der Waals surface area contributed by atoms with Gasteiger partial charge in [0.05, 0.1) is 34.4 Å². The van der Waals surface area contributed by atoms with Crippen molar-refractivity contribution < 1.29 is 0 Å². The van der Waals surface area contributed by atoms with Gasteiger partial charge in [-0.3, -0.25) is 14.3 Å². The average Bonchev–Trinajstić information content (AvgIpc) is 2.73. The van der Waals surface area contributed by atoms with Gasteiger partial charge >= 0.3 is 0 Å². The van der Waals surface area contributed by atoms with Crippen LogP contribution in [0.2, 0.25) is 0 Å². The van der Waals surface area contributed by atoms with Crippen molar-refractivity contribution in [3.8, 4) is 11.8 Å². The first-order valence-electron chi connectivity index (χ1n) is 8.37. The molecule has 27 heavy (non-hydrogen) atoms. The normalized spacial score (nSPS) is 10.9. The second kappa shape index (κ2) is 7.06. The highest BCUT2D eigenvalue weighted by Crippen LogP contribution is 2.15. The Bertz CT molecular complexity index is 1230. The van der Waals surface area contributed by atoms with Crippen molar-refractivity contribution in [2.75, 3.05) is 0 Å². The number of fused-ring (bicyclic) bond motifs is 1. The molecule has 4 rings (SSSR count). The molecule has 0 saturated carbocycles. The summed E-state index contributed by atoms with van der Waals surface area (Å²) in [5.74, 6) is 0.510. The number of hydrogen-bond donors (Lipinski definition) is 0. The number of hydrogen-bond acceptors (Lipinski definition) is 4. The van der Waals surface area contributed by atoms with Crippen molar-refractivity contribution in [1.82, 2.24) is 14.5 Å². The molecule has 0 atom stereocenters. The largest absolute Gasteiger partial charge is 0.268 e. The Balaban J connectivity index is 1.89. The monoisotopic (exact) mass is 350 g/mol. The van der Waals surface area contributed by atoms with E-state index in [-0.39, 0.29) is 5.56 Å². The minimum absolute atomic E-state index is 0.145. The summed E-state index contributed by atoms with van der Waals surface area (Å²) in [7, 11) is 0. The topological polar surface area (TPSA) is 71.6 Å². The van der Waals surface area contributed by atoms with Gasteiger partial charge in [-0.15, -0.1) is 0 Å². The molecule has 0 aliphatic carbocycles. The van der Waals surface area contributed by atoms with Crippen LogP contribution in [0.5, 0.6) is 0 Å². The molecule has 0 aliphatic rings. The van der Waals surface area contributed by atoms with Gasteiger partial charge in [0.1, 0.15) is 5.82 Å². The van der Waals surface area contributed by atoms with E-state index < -0.39 is 0 Å². The van der Waals surface area contributed by atoms with Crippen molar-refractivity contribution in [2.45, 2.75) is 0 Å². The van der Waals surface area contributed by atoms with Crippen LogP contribution in [0.15, 0.2) is 77.9 Å². The van der Waals surface area contributed by atoms with Crippen molar-refractivity contribution in [1.29, 1.82) is 5.26 Å². The number of pyridine rings is 1. The Morgan fingerprint density at radius 2 is 1.78 bits per heavy atom. The van der Waals surface area contributed by atoms with Crippen LogP contribution in [-0.2, 0) is 0 Å². The summed E-state index contributed by atoms with van der Waals surface area (Å²) in [5, 5.41) is 9.46. The molecule has 0 saturated heterocycles. The van der Waals surface area contributed by atoms with Gasteiger partial charge in [-0.1, -0.05) is 30.3 Å². The van der Waals surface area contributed by atoms with Crippen LogP contribution in [0.4, 0.5) is 0 Å². The summed E-state index contributed by atoms with van der Waals surface area (Å²) in [5.41, 5.74) is 2.66. The van der Waals surface area contributed by atoms with E-state index in [1.54, 1.807) is 47.3 Å². The smallest absolute Gasteiger partial charge is 0.266 e. The molecule has 5 nitrogen and oxygen atoms in total. The Morgan fingerprint density at radius 1 is 0.963 bits per heavy atom. The van der Waals surface area contributed by atoms with E-state index in [4.69, 9.17) is 5.26 Å². The predicted molar refractivity (Wildman–Crippen MR) is 105 cm³/mol. The molecule has 2 aromatic carbocycles. The molecule has 0 spiro atoms. The van der Waals surface area contributed by atoms with Gasteiger partial charge in [-0.05, 0) is 48.0 Å². The molecule has 5 heteroatoms. The lowest BCUT2D eigenvalue weighted by molar-refractivity contribution is 0.935. The highest BCUT2D eigenvalue weighted by Gasteiger charge is 2.10. The van der Waals surface area contributed by atoms with Crippen LogP contribution >= 0.6 is 0 Å². The molecule has 4 aromatic rings. The molecule has 0 bridgehead atoms. The Morgan fingerprint density at radius 3 is 2.52 bits per heavy atom. The lowest BCUT2D eigenvalue weighted by Gasteiger charge is -2.10. The summed E-state index contributed by atoms with van der Waals surface area (Å²) >= 11 is 0. The minimum atomic E-state index is -0.145. The number of aromatic nitrogens is 3. The lowest BCUT2D eigenvalue weighted by atomic mass is 10.1. The molecular weight excluding hydrogens is 336 g/mol. The molecule has 0 amide bonds. The molecular formula is C22H14N4O. The van der Waals surface area contributed by atoms with Crippen LogP contribution in [-0.4, -0.2) is 14.5 Å². The van der Waals surface area contributed by atoms with E-state index in [1.807, 2.05) is 42.5 Å². The van der Waals surface area contributed by atoms with Crippen LogP contribution in [0, 0.1) is 11.3 Å². The number of para-hydroxylation sites is 1. The fourth-order valence-electron chi connectivity index (χ4n) is 2.84. The van der Waals surface area contributed by atoms with Crippen molar-refractivity contribution in [3.05, 3.63) is 100 Å². The Hall–Kier alpha value is -4.04. The van der Waals surface area contributed by atoms with E-state index in [0.29, 0.717) is 28.0 Å². The molecule has 2 heterocycles. The lowest BCUT2D eigenvalue weighted by Crippen LogP contribution is -2.22. The van der Waals surface area contributed by atoms with Crippen LogP contribution < -0.4 is 5.56 Å². The van der Waals surface area contributed by atoms with E-state index in [2.05, 4.69) is 16.0 Å². The third-order valence-electron chi connectivity index (χ3n) is 4.17. The maximum Gasteiger partial charge on any atom is 0.266 e. The fourth-order valence-corrected chi connectivity index (χ4v) is 2.84. The molecule has 2 aromatic heterocycles. The first-order chi connectivity index (χ1) is 13.3. The average molecular weight is 350 g/mol. The van der Waals surface area contributed by atoms with E-state index in [9.17, 15) is 4.79 Å². The summed E-state index contributed by atoms with van der Waals surface area (Å²) in [4.78, 5) is 21.8. The molecule has 0 unspecified atom stereocenters. The second-order valence-corrected chi connectivity index (χ2v) is 5.91. The number of rotatable bonds is 3. The molecule has 128 valence electrons. The SMILES string of the molecule is N#Cc1ccc(/C=C/c2nc3ccccc3c(=O)n2-c2cccnc2)cc1. The van der Waals surface area contributed by atoms with Crippen molar-refractivity contribution >= 4 is 23.1 Å². The Labute approximate surface area is 155 Å². The van der Waals surface area contributed by atoms with E-state index in [1.165, 1.54) is 0 Å². The standard InChI is InChI=1S/C22H14N4O/c23-14-17-9-7-16(8-10-17)11-12-21-25-20-6-2-1-5-19(20)22(27)26(21)18-4-3-13-24-15-18/h1-13,15H/b12-11+. The van der Waals surface area contributed by atoms with Crippen molar-refractivity contribution in [3.63, 3.8) is 0 Å². The summed E-state index contributed by atoms with van der Waals surface area (Å²) < 4.78 is 1.55. The van der Waals surface area contributed by atoms with Gasteiger partial charge in [0.15, 0.2) is 0 Å². The zero-order chi connectivity index (χ0) is 18.6. The zero-order valence-electron chi connectivity index (χ0n) is 14.3. The van der Waals surface area contributed by atoms with Crippen LogP contribution in [0.25, 0.3) is 28.7 Å². The molecule has 0 fully saturated rings. The van der Waals surface area contributed by atoms with Gasteiger partial charge in [0.2, 0.25) is 0 Å². The van der Waals surface area contributed by atoms with Gasteiger partial charge in [0.25, 0.3) is 5.56 Å². The number of nitrogens with zero attached hydrogens (tertiary/aromatic N) is 4. The quantitative estimate of drug-likeness (QED) is 0.563. The molecule has 0 aliphatic heterocycles. The highest BCUT2D eigenvalue weighted by molar-refractivity contribution is 5.80. The first-order valence-corrected chi connectivity index (χ1v) is 8.37. The Kier molecular flexibility index (Phi) is 4.30. The maximum absolute atomic E-state index is 13.1. The second-order valence-electron chi connectivity index (χ2n) is 5.91. The third-order valence-corrected chi connectivity index (χ3v) is 4.17. The molecule has 0 radical (unpaired) electrons. The van der Waals surface area contributed by atoms with Crippen molar-refractivity contribution in [2.24, 2.45) is 0 Å². The number of nitriles is 1. The number of benzene rings is 2. The fraction of sp³-hybridized carbons (Fsp3) is 0. The van der Waals surface area contributed by atoms with Crippen LogP contribution in [0.1, 0.15) is 17.0 Å². The van der Waals surface area contributed by atoms with Gasteiger partial charge in [0, 0.05) is 6.20 Å². The third kappa shape index (κ3) is 3.24. The molecule has 0 N–H and O–H groups in total. The van der Waals surface area contributed by atoms with Crippen LogP contribution in [0.3, 0.4) is 0 Å². The highest BCUT2D eigenvalue weighted by atomic mass is 16.1. The minimum Gasteiger partial charge on any atom is -0.268 e. The summed E-state index contributed by atoms with van der Waals surface area (Å²) in [6.07, 6.45) is 6.96. The van der Waals surface area contributed by atoms with E-state index >= 15 is 0 Å². The van der Waals surface area contributed by atoms with E-state index in [0.717, 1.165) is 5.56 Å². The van der Waals surface area contributed by atoms with Gasteiger partial charge in [-0.25, -0.2) is 4.98 Å².